The third-order valence-corrected chi connectivity index (χ3v) is 3.72. The van der Waals surface area contributed by atoms with Crippen LogP contribution in [0.15, 0.2) is 0 Å². The molecular weight excluding hydrogens is 162 g/mol. The maximum atomic E-state index is 6.18. The molecule has 0 aromatic rings. The van der Waals surface area contributed by atoms with E-state index in [0.717, 1.165) is 18.9 Å². The summed E-state index contributed by atoms with van der Waals surface area (Å²) in [5, 5.41) is 0. The summed E-state index contributed by atoms with van der Waals surface area (Å²) in [5.74, 6) is 0.804. The van der Waals surface area contributed by atoms with Gasteiger partial charge in [-0.15, -0.1) is 0 Å². The van der Waals surface area contributed by atoms with Crippen LogP contribution in [0.1, 0.15) is 45.4 Å². The van der Waals surface area contributed by atoms with Crippen LogP contribution in [0, 0.1) is 5.92 Å². The molecule has 1 spiro atoms. The Morgan fingerprint density at radius 1 is 1.31 bits per heavy atom. The van der Waals surface area contributed by atoms with Crippen LogP contribution in [0.3, 0.4) is 0 Å². The first-order chi connectivity index (χ1) is 6.23. The lowest BCUT2D eigenvalue weighted by atomic mass is 9.72. The van der Waals surface area contributed by atoms with Crippen molar-refractivity contribution in [3.63, 3.8) is 0 Å². The Kier molecular flexibility index (Phi) is 2.61. The standard InChI is InChI=1S/C11H21NO/c1-9-4-5-10(12)11(8-9)6-2-3-7-13-11/h9-10H,2-8,12H2,1H3/t9-,10+,11+/m1/s1. The van der Waals surface area contributed by atoms with Crippen molar-refractivity contribution < 1.29 is 4.74 Å². The number of ether oxygens (including phenoxy) is 1. The Morgan fingerprint density at radius 3 is 2.85 bits per heavy atom. The molecule has 1 heterocycles. The van der Waals surface area contributed by atoms with Gasteiger partial charge >= 0.3 is 0 Å². The third kappa shape index (κ3) is 1.75. The van der Waals surface area contributed by atoms with Crippen LogP contribution in [0.4, 0.5) is 0 Å². The average molecular weight is 183 g/mol. The van der Waals surface area contributed by atoms with Gasteiger partial charge in [-0.05, 0) is 44.4 Å². The highest BCUT2D eigenvalue weighted by atomic mass is 16.5. The SMILES string of the molecule is C[C@@H]1CC[C@H](N)[C@]2(CCCCO2)C1. The van der Waals surface area contributed by atoms with Crippen molar-refractivity contribution in [1.29, 1.82) is 0 Å². The molecule has 0 bridgehead atoms. The van der Waals surface area contributed by atoms with Gasteiger partial charge in [-0.1, -0.05) is 6.92 Å². The fraction of sp³-hybridized carbons (Fsp3) is 1.00. The Bertz CT molecular complexity index is 175. The van der Waals surface area contributed by atoms with E-state index in [2.05, 4.69) is 6.92 Å². The van der Waals surface area contributed by atoms with Gasteiger partial charge in [0.2, 0.25) is 0 Å². The Labute approximate surface area is 80.8 Å². The minimum atomic E-state index is 0.0654. The molecule has 13 heavy (non-hydrogen) atoms. The molecule has 0 aromatic heterocycles. The Hall–Kier alpha value is -0.0800. The first kappa shape index (κ1) is 9.47. The van der Waals surface area contributed by atoms with E-state index in [0.29, 0.717) is 6.04 Å². The van der Waals surface area contributed by atoms with Crippen LogP contribution >= 0.6 is 0 Å². The number of hydrogen-bond acceptors (Lipinski definition) is 2. The van der Waals surface area contributed by atoms with Crippen molar-refractivity contribution >= 4 is 0 Å². The van der Waals surface area contributed by atoms with Crippen molar-refractivity contribution in [2.75, 3.05) is 6.61 Å². The number of hydrogen-bond donors (Lipinski definition) is 1. The predicted octanol–water partition coefficient (Wildman–Crippen LogP) is 2.07. The lowest BCUT2D eigenvalue weighted by Gasteiger charge is -2.46. The molecule has 1 saturated carbocycles. The molecule has 2 aliphatic rings. The highest BCUT2D eigenvalue weighted by Crippen LogP contribution is 2.40. The highest BCUT2D eigenvalue weighted by molar-refractivity contribution is 4.97. The summed E-state index contributed by atoms with van der Waals surface area (Å²) in [6, 6.07) is 0.295. The van der Waals surface area contributed by atoms with Crippen molar-refractivity contribution in [1.82, 2.24) is 0 Å². The van der Waals surface area contributed by atoms with Gasteiger partial charge < -0.3 is 10.5 Å². The van der Waals surface area contributed by atoms with Gasteiger partial charge in [0.25, 0.3) is 0 Å². The minimum Gasteiger partial charge on any atom is -0.373 e. The van der Waals surface area contributed by atoms with E-state index < -0.39 is 0 Å². The highest BCUT2D eigenvalue weighted by Gasteiger charge is 2.42. The molecule has 0 amide bonds. The summed E-state index contributed by atoms with van der Waals surface area (Å²) in [6.07, 6.45) is 7.35. The first-order valence-corrected chi connectivity index (χ1v) is 5.62. The molecular formula is C11H21NO. The predicted molar refractivity (Wildman–Crippen MR) is 53.5 cm³/mol. The summed E-state index contributed by atoms with van der Waals surface area (Å²) in [6.45, 7) is 3.26. The summed E-state index contributed by atoms with van der Waals surface area (Å²) in [5.41, 5.74) is 6.25. The Morgan fingerprint density at radius 2 is 2.15 bits per heavy atom. The van der Waals surface area contributed by atoms with E-state index >= 15 is 0 Å². The molecule has 2 N–H and O–H groups in total. The summed E-state index contributed by atoms with van der Waals surface area (Å²) in [7, 11) is 0. The van der Waals surface area contributed by atoms with E-state index in [4.69, 9.17) is 10.5 Å². The van der Waals surface area contributed by atoms with Gasteiger partial charge in [-0.3, -0.25) is 0 Å². The van der Waals surface area contributed by atoms with Gasteiger partial charge in [0, 0.05) is 12.6 Å². The molecule has 2 rings (SSSR count). The fourth-order valence-electron chi connectivity index (χ4n) is 2.90. The summed E-state index contributed by atoms with van der Waals surface area (Å²) in [4.78, 5) is 0. The summed E-state index contributed by atoms with van der Waals surface area (Å²) < 4.78 is 5.96. The lowest BCUT2D eigenvalue weighted by Crippen LogP contribution is -2.55. The number of nitrogens with two attached hydrogens (primary N) is 1. The van der Waals surface area contributed by atoms with Crippen molar-refractivity contribution in [2.45, 2.75) is 57.1 Å². The zero-order valence-corrected chi connectivity index (χ0v) is 8.59. The van der Waals surface area contributed by atoms with Crippen LogP contribution in [0.2, 0.25) is 0 Å². The van der Waals surface area contributed by atoms with E-state index in [1.807, 2.05) is 0 Å². The normalized spacial score (nSPS) is 46.6. The molecule has 1 aliphatic heterocycles. The van der Waals surface area contributed by atoms with E-state index in [-0.39, 0.29) is 5.60 Å². The topological polar surface area (TPSA) is 35.2 Å². The second-order valence-corrected chi connectivity index (χ2v) is 4.86. The average Bonchev–Trinajstić information content (AvgIpc) is 2.14. The molecule has 0 aromatic carbocycles. The van der Waals surface area contributed by atoms with Crippen LogP contribution in [0.25, 0.3) is 0 Å². The fourth-order valence-corrected chi connectivity index (χ4v) is 2.90. The van der Waals surface area contributed by atoms with Gasteiger partial charge in [0.05, 0.1) is 5.60 Å². The summed E-state index contributed by atoms with van der Waals surface area (Å²) >= 11 is 0. The molecule has 0 radical (unpaired) electrons. The quantitative estimate of drug-likeness (QED) is 0.624. The van der Waals surface area contributed by atoms with Gasteiger partial charge in [-0.2, -0.15) is 0 Å². The van der Waals surface area contributed by atoms with Crippen LogP contribution in [-0.4, -0.2) is 18.2 Å². The zero-order valence-electron chi connectivity index (χ0n) is 8.59. The lowest BCUT2D eigenvalue weighted by molar-refractivity contribution is -0.120. The van der Waals surface area contributed by atoms with Crippen LogP contribution < -0.4 is 5.73 Å². The van der Waals surface area contributed by atoms with E-state index in [1.165, 1.54) is 32.1 Å². The van der Waals surface area contributed by atoms with Gasteiger partial charge in [-0.25, -0.2) is 0 Å². The van der Waals surface area contributed by atoms with E-state index in [1.54, 1.807) is 0 Å². The molecule has 2 nitrogen and oxygen atoms in total. The molecule has 0 unspecified atom stereocenters. The molecule has 76 valence electrons. The van der Waals surface area contributed by atoms with Crippen molar-refractivity contribution in [3.05, 3.63) is 0 Å². The molecule has 3 atom stereocenters. The Balaban J connectivity index is 2.07. The molecule has 2 heteroatoms. The zero-order chi connectivity index (χ0) is 9.31. The smallest absolute Gasteiger partial charge is 0.0835 e. The maximum absolute atomic E-state index is 6.18. The largest absolute Gasteiger partial charge is 0.373 e. The molecule has 2 fully saturated rings. The van der Waals surface area contributed by atoms with Gasteiger partial charge in [0.1, 0.15) is 0 Å². The second kappa shape index (κ2) is 3.58. The number of rotatable bonds is 0. The minimum absolute atomic E-state index is 0.0654. The van der Waals surface area contributed by atoms with Crippen molar-refractivity contribution in [2.24, 2.45) is 11.7 Å². The molecule has 1 aliphatic carbocycles. The third-order valence-electron chi connectivity index (χ3n) is 3.72. The van der Waals surface area contributed by atoms with Gasteiger partial charge in [0.15, 0.2) is 0 Å². The van der Waals surface area contributed by atoms with E-state index in [9.17, 15) is 0 Å². The van der Waals surface area contributed by atoms with Crippen LogP contribution in [-0.2, 0) is 4.74 Å². The molecule has 1 saturated heterocycles. The second-order valence-electron chi connectivity index (χ2n) is 4.86. The van der Waals surface area contributed by atoms with Crippen LogP contribution in [0.5, 0.6) is 0 Å². The maximum Gasteiger partial charge on any atom is 0.0835 e. The first-order valence-electron chi connectivity index (χ1n) is 5.62. The van der Waals surface area contributed by atoms with Crippen molar-refractivity contribution in [3.8, 4) is 0 Å². The monoisotopic (exact) mass is 183 g/mol.